The lowest BCUT2D eigenvalue weighted by Gasteiger charge is -2.31. The first kappa shape index (κ1) is 25.3. The van der Waals surface area contributed by atoms with Crippen LogP contribution in [0.2, 0.25) is 0 Å². The fourth-order valence-electron chi connectivity index (χ4n) is 4.12. The highest BCUT2D eigenvalue weighted by Gasteiger charge is 2.34. The molecule has 2 unspecified atom stereocenters. The third-order valence-corrected chi connectivity index (χ3v) is 5.86. The molecule has 2 fully saturated rings. The van der Waals surface area contributed by atoms with Gasteiger partial charge in [0.1, 0.15) is 0 Å². The van der Waals surface area contributed by atoms with Gasteiger partial charge in [-0.15, -0.1) is 24.0 Å². The van der Waals surface area contributed by atoms with Gasteiger partial charge in [-0.2, -0.15) is 0 Å². The van der Waals surface area contributed by atoms with E-state index in [1.165, 1.54) is 11.1 Å². The molecule has 2 heterocycles. The van der Waals surface area contributed by atoms with E-state index in [0.717, 1.165) is 64.7 Å². The van der Waals surface area contributed by atoms with Gasteiger partial charge in [0.2, 0.25) is 0 Å². The number of nitrogens with zero attached hydrogens (tertiary/aromatic N) is 2. The van der Waals surface area contributed by atoms with Crippen molar-refractivity contribution in [2.24, 2.45) is 10.4 Å². The smallest absolute Gasteiger partial charge is 0.191 e. The lowest BCUT2D eigenvalue weighted by molar-refractivity contribution is -0.0212. The second-order valence-corrected chi connectivity index (χ2v) is 8.29. The highest BCUT2D eigenvalue weighted by Crippen LogP contribution is 2.31. The first-order chi connectivity index (χ1) is 14.1. The lowest BCUT2D eigenvalue weighted by Crippen LogP contribution is -2.44. The molecule has 0 bridgehead atoms. The van der Waals surface area contributed by atoms with Gasteiger partial charge in [-0.05, 0) is 30.9 Å². The van der Waals surface area contributed by atoms with E-state index in [0.29, 0.717) is 12.7 Å². The zero-order chi connectivity index (χ0) is 20.5. The number of benzene rings is 1. The Kier molecular flexibility index (Phi) is 10.8. The van der Waals surface area contributed by atoms with Crippen LogP contribution in [-0.4, -0.2) is 75.2 Å². The summed E-state index contributed by atoms with van der Waals surface area (Å²) in [6, 6.07) is 8.72. The number of hydrogen-bond donors (Lipinski definition) is 3. The quantitative estimate of drug-likeness (QED) is 0.270. The molecule has 8 heteroatoms. The molecule has 7 nitrogen and oxygen atoms in total. The van der Waals surface area contributed by atoms with Crippen LogP contribution in [0.4, 0.5) is 0 Å². The van der Waals surface area contributed by atoms with Crippen molar-refractivity contribution < 1.29 is 14.6 Å². The number of aliphatic hydroxyl groups is 1. The van der Waals surface area contributed by atoms with Gasteiger partial charge in [0.05, 0.1) is 19.3 Å². The van der Waals surface area contributed by atoms with Crippen LogP contribution < -0.4 is 10.6 Å². The zero-order valence-electron chi connectivity index (χ0n) is 18.2. The fourth-order valence-corrected chi connectivity index (χ4v) is 4.12. The fraction of sp³-hybridized carbons (Fsp3) is 0.682. The van der Waals surface area contributed by atoms with E-state index in [9.17, 15) is 5.11 Å². The molecule has 0 aliphatic carbocycles. The van der Waals surface area contributed by atoms with E-state index < -0.39 is 0 Å². The molecule has 2 aliphatic heterocycles. The van der Waals surface area contributed by atoms with E-state index in [1.54, 1.807) is 7.05 Å². The molecule has 3 rings (SSSR count). The number of aliphatic imine (C=N–C) groups is 1. The van der Waals surface area contributed by atoms with Crippen molar-refractivity contribution >= 4 is 29.9 Å². The lowest BCUT2D eigenvalue weighted by atomic mass is 9.84. The Labute approximate surface area is 197 Å². The molecule has 2 aliphatic rings. The van der Waals surface area contributed by atoms with Gasteiger partial charge in [-0.25, -0.2) is 0 Å². The Morgan fingerprint density at radius 2 is 2.13 bits per heavy atom. The van der Waals surface area contributed by atoms with Crippen LogP contribution in [0.1, 0.15) is 30.9 Å². The van der Waals surface area contributed by atoms with Gasteiger partial charge in [0, 0.05) is 58.4 Å². The molecule has 0 spiro atoms. The van der Waals surface area contributed by atoms with Crippen LogP contribution in [0, 0.1) is 5.41 Å². The molecule has 0 radical (unpaired) electrons. The molecular weight excluding hydrogens is 495 g/mol. The average molecular weight is 532 g/mol. The van der Waals surface area contributed by atoms with E-state index in [4.69, 9.17) is 9.47 Å². The van der Waals surface area contributed by atoms with E-state index in [2.05, 4.69) is 51.7 Å². The van der Waals surface area contributed by atoms with E-state index in [1.807, 2.05) is 0 Å². The van der Waals surface area contributed by atoms with Gasteiger partial charge in [0.15, 0.2) is 5.96 Å². The maximum absolute atomic E-state index is 9.38. The van der Waals surface area contributed by atoms with E-state index >= 15 is 0 Å². The molecule has 0 aromatic heterocycles. The normalized spacial score (nSPS) is 25.0. The predicted octanol–water partition coefficient (Wildman–Crippen LogP) is 1.98. The first-order valence-corrected chi connectivity index (χ1v) is 10.7. The van der Waals surface area contributed by atoms with Crippen LogP contribution in [0.5, 0.6) is 0 Å². The number of nitrogens with one attached hydrogen (secondary N) is 2. The Bertz CT molecular complexity index is 668. The van der Waals surface area contributed by atoms with Crippen molar-refractivity contribution in [2.75, 3.05) is 53.1 Å². The van der Waals surface area contributed by atoms with E-state index in [-0.39, 0.29) is 36.0 Å². The molecule has 0 saturated carbocycles. The minimum atomic E-state index is 0. The molecule has 1 aromatic carbocycles. The van der Waals surface area contributed by atoms with Crippen molar-refractivity contribution in [3.8, 4) is 0 Å². The van der Waals surface area contributed by atoms with Crippen molar-refractivity contribution in [2.45, 2.75) is 39.0 Å². The number of aliphatic hydroxyl groups excluding tert-OH is 1. The SMILES string of the molecule is CN=C(NCc1cccc(CN2CCOC(C)C2)c1)NCC1(CCO)CCOC1.I. The Hall–Kier alpha value is -0.940. The highest BCUT2D eigenvalue weighted by molar-refractivity contribution is 14.0. The number of ether oxygens (including phenoxy) is 2. The van der Waals surface area contributed by atoms with Gasteiger partial charge in [0.25, 0.3) is 0 Å². The average Bonchev–Trinajstić information content (AvgIpc) is 3.17. The summed E-state index contributed by atoms with van der Waals surface area (Å²) in [6.07, 6.45) is 2.03. The topological polar surface area (TPSA) is 78.4 Å². The maximum atomic E-state index is 9.38. The molecule has 2 atom stereocenters. The van der Waals surface area contributed by atoms with Gasteiger partial charge < -0.3 is 25.2 Å². The van der Waals surface area contributed by atoms with Gasteiger partial charge in [-0.1, -0.05) is 24.3 Å². The molecular formula is C22H37IN4O3. The Morgan fingerprint density at radius 1 is 1.30 bits per heavy atom. The third-order valence-electron chi connectivity index (χ3n) is 5.86. The van der Waals surface area contributed by atoms with Crippen LogP contribution >= 0.6 is 24.0 Å². The van der Waals surface area contributed by atoms with Crippen molar-refractivity contribution in [1.29, 1.82) is 0 Å². The number of halogens is 1. The summed E-state index contributed by atoms with van der Waals surface area (Å²) in [5, 5.41) is 16.2. The van der Waals surface area contributed by atoms with Crippen LogP contribution in [0.15, 0.2) is 29.3 Å². The van der Waals surface area contributed by atoms with Crippen molar-refractivity contribution in [3.63, 3.8) is 0 Å². The standard InChI is InChI=1S/C22H36N4O3.HI/c1-18-14-26(8-11-29-18)15-20-5-3-4-19(12-20)13-24-21(23-2)25-16-22(6-9-27)7-10-28-17-22;/h3-5,12,18,27H,6-11,13-17H2,1-2H3,(H2,23,24,25);1H. The second-order valence-electron chi connectivity index (χ2n) is 8.29. The predicted molar refractivity (Wildman–Crippen MR) is 130 cm³/mol. The summed E-state index contributed by atoms with van der Waals surface area (Å²) < 4.78 is 11.2. The monoisotopic (exact) mass is 532 g/mol. The summed E-state index contributed by atoms with van der Waals surface area (Å²) in [5.74, 6) is 0.779. The summed E-state index contributed by atoms with van der Waals surface area (Å²) in [7, 11) is 1.79. The Morgan fingerprint density at radius 3 is 2.83 bits per heavy atom. The number of rotatable bonds is 8. The summed E-state index contributed by atoms with van der Waals surface area (Å²) >= 11 is 0. The van der Waals surface area contributed by atoms with Crippen LogP contribution in [0.25, 0.3) is 0 Å². The Balaban J connectivity index is 0.00000320. The maximum Gasteiger partial charge on any atom is 0.191 e. The van der Waals surface area contributed by atoms with Crippen molar-refractivity contribution in [1.82, 2.24) is 15.5 Å². The van der Waals surface area contributed by atoms with Gasteiger partial charge in [-0.3, -0.25) is 9.89 Å². The number of guanidine groups is 1. The molecule has 0 amide bonds. The molecule has 170 valence electrons. The van der Waals surface area contributed by atoms with Crippen LogP contribution in [0.3, 0.4) is 0 Å². The summed E-state index contributed by atoms with van der Waals surface area (Å²) in [4.78, 5) is 6.80. The van der Waals surface area contributed by atoms with Gasteiger partial charge >= 0.3 is 0 Å². The molecule has 1 aromatic rings. The highest BCUT2D eigenvalue weighted by atomic mass is 127. The number of hydrogen-bond acceptors (Lipinski definition) is 5. The minimum Gasteiger partial charge on any atom is -0.396 e. The van der Waals surface area contributed by atoms with Crippen molar-refractivity contribution in [3.05, 3.63) is 35.4 Å². The second kappa shape index (κ2) is 12.8. The minimum absolute atomic E-state index is 0. The zero-order valence-corrected chi connectivity index (χ0v) is 20.6. The molecule has 2 saturated heterocycles. The summed E-state index contributed by atoms with van der Waals surface area (Å²) in [5.41, 5.74) is 2.56. The first-order valence-electron chi connectivity index (χ1n) is 10.7. The molecule has 3 N–H and O–H groups in total. The largest absolute Gasteiger partial charge is 0.396 e. The third kappa shape index (κ3) is 7.64. The number of morpholine rings is 1. The molecule has 30 heavy (non-hydrogen) atoms. The summed E-state index contributed by atoms with van der Waals surface area (Å²) in [6.45, 7) is 8.99. The van der Waals surface area contributed by atoms with Crippen LogP contribution in [-0.2, 0) is 22.6 Å².